The molecule has 0 aromatic carbocycles. The van der Waals surface area contributed by atoms with Gasteiger partial charge >= 0.3 is 0 Å². The molecule has 2 aliphatic rings. The molecule has 1 spiro atoms. The number of hydrogen-bond donors (Lipinski definition) is 1. The second-order valence-corrected chi connectivity index (χ2v) is 6.02. The molecule has 3 heterocycles. The number of aromatic nitrogens is 2. The Morgan fingerprint density at radius 1 is 1.53 bits per heavy atom. The van der Waals surface area contributed by atoms with Gasteiger partial charge in [0.2, 0.25) is 0 Å². The third-order valence-electron chi connectivity index (χ3n) is 3.86. The number of morpholine rings is 1. The molecule has 0 aliphatic carbocycles. The lowest BCUT2D eigenvalue weighted by Gasteiger charge is -2.46. The molecule has 1 aromatic rings. The first-order chi connectivity index (χ1) is 8.32. The quantitative estimate of drug-likeness (QED) is 0.820. The lowest BCUT2D eigenvalue weighted by Crippen LogP contribution is -2.54. The Kier molecular flexibility index (Phi) is 3.15. The van der Waals surface area contributed by atoms with Crippen molar-refractivity contribution in [3.8, 4) is 0 Å². The highest BCUT2D eigenvalue weighted by Gasteiger charge is 2.44. The summed E-state index contributed by atoms with van der Waals surface area (Å²) in [4.78, 5) is 0. The van der Waals surface area contributed by atoms with E-state index >= 15 is 0 Å². The highest BCUT2D eigenvalue weighted by molar-refractivity contribution is 7.99. The van der Waals surface area contributed by atoms with Crippen molar-refractivity contribution in [3.63, 3.8) is 0 Å². The minimum Gasteiger partial charge on any atom is -0.372 e. The van der Waals surface area contributed by atoms with Crippen LogP contribution in [0.3, 0.4) is 0 Å². The minimum atomic E-state index is -0.00269. The van der Waals surface area contributed by atoms with E-state index in [4.69, 9.17) is 4.74 Å². The van der Waals surface area contributed by atoms with Crippen molar-refractivity contribution in [2.24, 2.45) is 7.05 Å². The van der Waals surface area contributed by atoms with E-state index in [0.717, 1.165) is 26.0 Å². The predicted molar refractivity (Wildman–Crippen MR) is 69.2 cm³/mol. The summed E-state index contributed by atoms with van der Waals surface area (Å²) in [5.74, 6) is 2.41. The third-order valence-corrected chi connectivity index (χ3v) is 4.85. The van der Waals surface area contributed by atoms with Crippen LogP contribution in [0.2, 0.25) is 0 Å². The topological polar surface area (TPSA) is 39.1 Å². The van der Waals surface area contributed by atoms with E-state index < -0.39 is 0 Å². The number of rotatable bonds is 1. The zero-order valence-electron chi connectivity index (χ0n) is 10.2. The zero-order valence-corrected chi connectivity index (χ0v) is 11.0. The molecule has 1 atom stereocenters. The molecule has 4 nitrogen and oxygen atoms in total. The van der Waals surface area contributed by atoms with E-state index in [1.165, 1.54) is 17.2 Å². The van der Waals surface area contributed by atoms with Crippen LogP contribution in [-0.2, 0) is 11.8 Å². The Morgan fingerprint density at radius 3 is 3.06 bits per heavy atom. The Bertz CT molecular complexity index is 379. The molecule has 1 unspecified atom stereocenters. The van der Waals surface area contributed by atoms with Crippen molar-refractivity contribution in [1.82, 2.24) is 15.1 Å². The van der Waals surface area contributed by atoms with Crippen LogP contribution in [-0.4, -0.2) is 40.0 Å². The molecule has 5 heteroatoms. The van der Waals surface area contributed by atoms with Gasteiger partial charge in [0.25, 0.3) is 0 Å². The van der Waals surface area contributed by atoms with Gasteiger partial charge in [-0.05, 0) is 30.4 Å². The van der Waals surface area contributed by atoms with E-state index in [1.807, 2.05) is 29.7 Å². The molecule has 2 aliphatic heterocycles. The first-order valence-electron chi connectivity index (χ1n) is 6.25. The first kappa shape index (κ1) is 11.6. The van der Waals surface area contributed by atoms with Crippen molar-refractivity contribution in [2.45, 2.75) is 24.5 Å². The number of ether oxygens (including phenoxy) is 1. The molecule has 1 N–H and O–H groups in total. The number of hydrogen-bond acceptors (Lipinski definition) is 4. The molecule has 3 rings (SSSR count). The molecule has 0 amide bonds. The average Bonchev–Trinajstić information content (AvgIpc) is 2.77. The second-order valence-electron chi connectivity index (χ2n) is 4.79. The predicted octanol–water partition coefficient (Wildman–Crippen LogP) is 1.35. The molecular formula is C12H19N3OS. The van der Waals surface area contributed by atoms with Crippen molar-refractivity contribution < 1.29 is 4.74 Å². The van der Waals surface area contributed by atoms with Gasteiger partial charge in [0, 0.05) is 19.8 Å². The first-order valence-corrected chi connectivity index (χ1v) is 7.40. The average molecular weight is 253 g/mol. The number of nitrogens with zero attached hydrogens (tertiary/aromatic N) is 2. The van der Waals surface area contributed by atoms with Crippen LogP contribution < -0.4 is 5.32 Å². The van der Waals surface area contributed by atoms with Gasteiger partial charge in [-0.3, -0.25) is 4.68 Å². The molecule has 17 heavy (non-hydrogen) atoms. The largest absolute Gasteiger partial charge is 0.372 e. The van der Waals surface area contributed by atoms with Crippen LogP contribution in [0.25, 0.3) is 0 Å². The summed E-state index contributed by atoms with van der Waals surface area (Å²) >= 11 is 2.04. The zero-order chi connectivity index (χ0) is 11.7. The van der Waals surface area contributed by atoms with Crippen LogP contribution >= 0.6 is 11.8 Å². The molecule has 1 aromatic heterocycles. The summed E-state index contributed by atoms with van der Waals surface area (Å²) in [6, 6.07) is 2.40. The minimum absolute atomic E-state index is 0.00269. The number of nitrogens with one attached hydrogen (secondary N) is 1. The van der Waals surface area contributed by atoms with Gasteiger partial charge in [-0.25, -0.2) is 0 Å². The van der Waals surface area contributed by atoms with Crippen molar-refractivity contribution in [1.29, 1.82) is 0 Å². The van der Waals surface area contributed by atoms with Crippen LogP contribution in [0.15, 0.2) is 12.3 Å². The van der Waals surface area contributed by atoms with Gasteiger partial charge in [-0.2, -0.15) is 16.9 Å². The summed E-state index contributed by atoms with van der Waals surface area (Å²) in [6.07, 6.45) is 4.15. The molecule has 94 valence electrons. The fraction of sp³-hybridized carbons (Fsp3) is 0.750. The Balaban J connectivity index is 1.92. The van der Waals surface area contributed by atoms with Crippen LogP contribution in [0.4, 0.5) is 0 Å². The van der Waals surface area contributed by atoms with Crippen molar-refractivity contribution in [2.75, 3.05) is 24.7 Å². The highest BCUT2D eigenvalue weighted by Crippen LogP contribution is 2.41. The number of thioether (sulfide) groups is 1. The van der Waals surface area contributed by atoms with Gasteiger partial charge in [-0.15, -0.1) is 0 Å². The van der Waals surface area contributed by atoms with Crippen LogP contribution in [0.1, 0.15) is 24.6 Å². The highest BCUT2D eigenvalue weighted by atomic mass is 32.2. The maximum Gasteiger partial charge on any atom is 0.0907 e. The summed E-state index contributed by atoms with van der Waals surface area (Å²) < 4.78 is 8.15. The van der Waals surface area contributed by atoms with Crippen LogP contribution in [0.5, 0.6) is 0 Å². The fourth-order valence-corrected chi connectivity index (χ4v) is 4.10. The molecule has 2 saturated heterocycles. The second kappa shape index (κ2) is 4.63. The van der Waals surface area contributed by atoms with E-state index in [-0.39, 0.29) is 5.60 Å². The van der Waals surface area contributed by atoms with Gasteiger partial charge in [0.15, 0.2) is 0 Å². The summed E-state index contributed by atoms with van der Waals surface area (Å²) in [6.45, 7) is 1.77. The molecule has 2 fully saturated rings. The molecule has 0 bridgehead atoms. The van der Waals surface area contributed by atoms with Gasteiger partial charge in [0.1, 0.15) is 0 Å². The molecule has 0 saturated carbocycles. The maximum absolute atomic E-state index is 6.18. The Hall–Kier alpha value is -0.520. The SMILES string of the molecule is Cn1nccc1C1NCCOC12CCSCC2. The maximum atomic E-state index is 6.18. The third kappa shape index (κ3) is 2.00. The number of aryl methyl sites for hydroxylation is 1. The lowest BCUT2D eigenvalue weighted by atomic mass is 9.84. The van der Waals surface area contributed by atoms with Crippen LogP contribution in [0, 0.1) is 0 Å². The summed E-state index contributed by atoms with van der Waals surface area (Å²) in [5.41, 5.74) is 1.24. The normalized spacial score (nSPS) is 28.4. The van der Waals surface area contributed by atoms with E-state index in [2.05, 4.69) is 16.5 Å². The van der Waals surface area contributed by atoms with Gasteiger partial charge < -0.3 is 10.1 Å². The smallest absolute Gasteiger partial charge is 0.0907 e. The standard InChI is InChI=1S/C12H19N3OS/c1-15-10(2-5-14-15)11-12(16-7-6-13-11)3-8-17-9-4-12/h2,5,11,13H,3-4,6-9H2,1H3. The van der Waals surface area contributed by atoms with Crippen molar-refractivity contribution >= 4 is 11.8 Å². The van der Waals surface area contributed by atoms with Gasteiger partial charge in [0.05, 0.1) is 23.9 Å². The summed E-state index contributed by atoms with van der Waals surface area (Å²) in [7, 11) is 2.01. The van der Waals surface area contributed by atoms with E-state index in [0.29, 0.717) is 6.04 Å². The van der Waals surface area contributed by atoms with Gasteiger partial charge in [-0.1, -0.05) is 0 Å². The molecule has 0 radical (unpaired) electrons. The molecular weight excluding hydrogens is 234 g/mol. The fourth-order valence-electron chi connectivity index (χ4n) is 2.92. The van der Waals surface area contributed by atoms with Crippen molar-refractivity contribution in [3.05, 3.63) is 18.0 Å². The Morgan fingerprint density at radius 2 is 2.35 bits per heavy atom. The van der Waals surface area contributed by atoms with E-state index in [1.54, 1.807) is 0 Å². The monoisotopic (exact) mass is 253 g/mol. The Labute approximate surface area is 106 Å². The summed E-state index contributed by atoms with van der Waals surface area (Å²) in [5, 5.41) is 7.91. The lowest BCUT2D eigenvalue weighted by molar-refractivity contribution is -0.105. The van der Waals surface area contributed by atoms with E-state index in [9.17, 15) is 0 Å².